The highest BCUT2D eigenvalue weighted by Gasteiger charge is 2.21. The SMILES string of the molecule is CC1CC(Oc2ccc(NC(=O)Cc3ccon3)cc2)NN1. The van der Waals surface area contributed by atoms with Crippen molar-refractivity contribution < 1.29 is 14.1 Å². The Kier molecular flexibility index (Phi) is 4.36. The Bertz CT molecular complexity index is 612. The first-order valence-corrected chi connectivity index (χ1v) is 7.16. The molecule has 0 aliphatic carbocycles. The van der Waals surface area contributed by atoms with Crippen LogP contribution in [0.5, 0.6) is 5.75 Å². The van der Waals surface area contributed by atoms with E-state index < -0.39 is 0 Å². The van der Waals surface area contributed by atoms with Crippen molar-refractivity contribution in [3.8, 4) is 5.75 Å². The first-order chi connectivity index (χ1) is 10.7. The van der Waals surface area contributed by atoms with Crippen molar-refractivity contribution >= 4 is 11.6 Å². The summed E-state index contributed by atoms with van der Waals surface area (Å²) >= 11 is 0. The summed E-state index contributed by atoms with van der Waals surface area (Å²) in [6, 6.07) is 9.33. The third-order valence-corrected chi connectivity index (χ3v) is 3.31. The summed E-state index contributed by atoms with van der Waals surface area (Å²) in [7, 11) is 0. The number of rotatable bonds is 5. The second-order valence-corrected chi connectivity index (χ2v) is 5.27. The number of hydrogen-bond donors (Lipinski definition) is 3. The van der Waals surface area contributed by atoms with E-state index in [1.54, 1.807) is 6.07 Å². The number of hydrazine groups is 1. The molecule has 3 N–H and O–H groups in total. The van der Waals surface area contributed by atoms with Crippen molar-refractivity contribution in [1.29, 1.82) is 0 Å². The van der Waals surface area contributed by atoms with E-state index in [4.69, 9.17) is 9.26 Å². The Morgan fingerprint density at radius 3 is 2.82 bits per heavy atom. The third-order valence-electron chi connectivity index (χ3n) is 3.31. The summed E-state index contributed by atoms with van der Waals surface area (Å²) in [6.07, 6.45) is 2.49. The van der Waals surface area contributed by atoms with E-state index in [1.807, 2.05) is 24.3 Å². The van der Waals surface area contributed by atoms with E-state index in [9.17, 15) is 4.79 Å². The van der Waals surface area contributed by atoms with Gasteiger partial charge in [0.05, 0.1) is 12.1 Å². The smallest absolute Gasteiger partial charge is 0.230 e. The molecule has 2 heterocycles. The van der Waals surface area contributed by atoms with Crippen LogP contribution in [0, 0.1) is 0 Å². The van der Waals surface area contributed by atoms with Gasteiger partial charge in [0.25, 0.3) is 0 Å². The molecule has 1 aromatic heterocycles. The van der Waals surface area contributed by atoms with E-state index in [1.165, 1.54) is 6.26 Å². The number of hydrogen-bond acceptors (Lipinski definition) is 6. The summed E-state index contributed by atoms with van der Waals surface area (Å²) in [5.41, 5.74) is 7.49. The Labute approximate surface area is 128 Å². The lowest BCUT2D eigenvalue weighted by Gasteiger charge is -2.13. The maximum absolute atomic E-state index is 11.8. The van der Waals surface area contributed by atoms with Crippen LogP contribution in [0.1, 0.15) is 19.0 Å². The van der Waals surface area contributed by atoms with Gasteiger partial charge in [-0.15, -0.1) is 0 Å². The molecule has 0 radical (unpaired) electrons. The molecule has 0 saturated carbocycles. The Balaban J connectivity index is 1.51. The van der Waals surface area contributed by atoms with Crippen LogP contribution in [0.3, 0.4) is 0 Å². The van der Waals surface area contributed by atoms with E-state index >= 15 is 0 Å². The largest absolute Gasteiger partial charge is 0.474 e. The lowest BCUT2D eigenvalue weighted by atomic mass is 10.2. The molecule has 0 bridgehead atoms. The maximum atomic E-state index is 11.8. The van der Waals surface area contributed by atoms with Crippen molar-refractivity contribution in [3.05, 3.63) is 42.3 Å². The number of aromatic nitrogens is 1. The summed E-state index contributed by atoms with van der Waals surface area (Å²) in [4.78, 5) is 11.8. The first kappa shape index (κ1) is 14.6. The zero-order valence-electron chi connectivity index (χ0n) is 12.2. The van der Waals surface area contributed by atoms with E-state index in [2.05, 4.69) is 28.2 Å². The quantitative estimate of drug-likeness (QED) is 0.774. The van der Waals surface area contributed by atoms with Crippen LogP contribution in [0.4, 0.5) is 5.69 Å². The molecule has 2 atom stereocenters. The molecule has 1 saturated heterocycles. The summed E-state index contributed by atoms with van der Waals surface area (Å²) < 4.78 is 10.5. The van der Waals surface area contributed by atoms with Crippen LogP contribution < -0.4 is 20.9 Å². The van der Waals surface area contributed by atoms with Gasteiger partial charge in [-0.05, 0) is 31.2 Å². The Morgan fingerprint density at radius 2 is 2.18 bits per heavy atom. The standard InChI is InChI=1S/C15H18N4O3/c1-10-8-15(18-17-10)22-13-4-2-11(3-5-13)16-14(20)9-12-6-7-21-19-12/h2-7,10,15,17-18H,8-9H2,1H3,(H,16,20). The monoisotopic (exact) mass is 302 g/mol. The predicted octanol–water partition coefficient (Wildman–Crippen LogP) is 1.45. The fraction of sp³-hybridized carbons (Fsp3) is 0.333. The molecule has 116 valence electrons. The maximum Gasteiger partial charge on any atom is 0.230 e. The van der Waals surface area contributed by atoms with Gasteiger partial charge in [-0.2, -0.15) is 0 Å². The molecule has 0 spiro atoms. The average Bonchev–Trinajstić information content (AvgIpc) is 3.13. The van der Waals surface area contributed by atoms with E-state index in [0.717, 1.165) is 12.2 Å². The topological polar surface area (TPSA) is 88.4 Å². The second-order valence-electron chi connectivity index (χ2n) is 5.27. The van der Waals surface area contributed by atoms with Gasteiger partial charge < -0.3 is 14.6 Å². The van der Waals surface area contributed by atoms with Gasteiger partial charge in [-0.3, -0.25) is 10.2 Å². The van der Waals surface area contributed by atoms with Gasteiger partial charge in [0.1, 0.15) is 12.0 Å². The average molecular weight is 302 g/mol. The highest BCUT2D eigenvalue weighted by Crippen LogP contribution is 2.18. The van der Waals surface area contributed by atoms with E-state index in [-0.39, 0.29) is 18.6 Å². The molecular weight excluding hydrogens is 284 g/mol. The molecule has 2 unspecified atom stereocenters. The summed E-state index contributed by atoms with van der Waals surface area (Å²) in [5, 5.41) is 6.51. The minimum absolute atomic E-state index is 0.0393. The van der Waals surface area contributed by atoms with Gasteiger partial charge in [-0.1, -0.05) is 5.16 Å². The van der Waals surface area contributed by atoms with Crippen LogP contribution in [0.15, 0.2) is 41.1 Å². The Morgan fingerprint density at radius 1 is 1.36 bits per heavy atom. The molecule has 7 nitrogen and oxygen atoms in total. The fourth-order valence-electron chi connectivity index (χ4n) is 2.23. The van der Waals surface area contributed by atoms with Crippen LogP contribution in [-0.4, -0.2) is 23.3 Å². The van der Waals surface area contributed by atoms with Gasteiger partial charge in [-0.25, -0.2) is 5.43 Å². The molecule has 3 rings (SSSR count). The van der Waals surface area contributed by atoms with Crippen molar-refractivity contribution in [2.45, 2.75) is 32.0 Å². The number of ether oxygens (including phenoxy) is 1. The van der Waals surface area contributed by atoms with Gasteiger partial charge in [0.2, 0.25) is 5.91 Å². The minimum Gasteiger partial charge on any atom is -0.474 e. The number of carbonyl (C=O) groups excluding carboxylic acids is 1. The lowest BCUT2D eigenvalue weighted by molar-refractivity contribution is -0.115. The fourth-order valence-corrected chi connectivity index (χ4v) is 2.23. The van der Waals surface area contributed by atoms with Crippen molar-refractivity contribution in [2.24, 2.45) is 0 Å². The second kappa shape index (κ2) is 6.59. The highest BCUT2D eigenvalue weighted by atomic mass is 16.5. The molecule has 22 heavy (non-hydrogen) atoms. The summed E-state index contributed by atoms with van der Waals surface area (Å²) in [5.74, 6) is 0.612. The van der Waals surface area contributed by atoms with Crippen LogP contribution in [0.25, 0.3) is 0 Å². The van der Waals surface area contributed by atoms with Crippen LogP contribution in [-0.2, 0) is 11.2 Å². The number of anilines is 1. The molecule has 2 aromatic rings. The molecule has 7 heteroatoms. The van der Waals surface area contributed by atoms with Crippen LogP contribution >= 0.6 is 0 Å². The number of carbonyl (C=O) groups is 1. The van der Waals surface area contributed by atoms with E-state index in [0.29, 0.717) is 17.4 Å². The predicted molar refractivity (Wildman–Crippen MR) is 80.0 cm³/mol. The molecule has 1 aromatic carbocycles. The zero-order valence-corrected chi connectivity index (χ0v) is 12.2. The lowest BCUT2D eigenvalue weighted by Crippen LogP contribution is -2.35. The Hall–Kier alpha value is -2.38. The molecule has 1 aliphatic rings. The number of amides is 1. The highest BCUT2D eigenvalue weighted by molar-refractivity contribution is 5.92. The molecule has 1 fully saturated rings. The number of benzene rings is 1. The molecular formula is C15H18N4O3. The normalized spacial score (nSPS) is 20.8. The van der Waals surface area contributed by atoms with Crippen LogP contribution in [0.2, 0.25) is 0 Å². The zero-order chi connectivity index (χ0) is 15.4. The number of nitrogens with one attached hydrogen (secondary N) is 3. The van der Waals surface area contributed by atoms with Gasteiger partial charge in [0.15, 0.2) is 6.23 Å². The number of nitrogens with zero attached hydrogens (tertiary/aromatic N) is 1. The van der Waals surface area contributed by atoms with Gasteiger partial charge >= 0.3 is 0 Å². The van der Waals surface area contributed by atoms with Crippen molar-refractivity contribution in [2.75, 3.05) is 5.32 Å². The summed E-state index contributed by atoms with van der Waals surface area (Å²) in [6.45, 7) is 2.09. The van der Waals surface area contributed by atoms with Crippen molar-refractivity contribution in [1.82, 2.24) is 16.0 Å². The molecule has 1 aliphatic heterocycles. The third kappa shape index (κ3) is 3.84. The molecule has 1 amide bonds. The first-order valence-electron chi connectivity index (χ1n) is 7.16. The minimum atomic E-state index is -0.141. The van der Waals surface area contributed by atoms with Crippen molar-refractivity contribution in [3.63, 3.8) is 0 Å². The van der Waals surface area contributed by atoms with Gasteiger partial charge in [0, 0.05) is 24.2 Å².